The maximum atomic E-state index is 6.09. The van der Waals surface area contributed by atoms with Gasteiger partial charge >= 0.3 is 0 Å². The Morgan fingerprint density at radius 3 is 2.62 bits per heavy atom. The van der Waals surface area contributed by atoms with Gasteiger partial charge in [-0.3, -0.25) is 4.98 Å². The molecule has 0 spiro atoms. The fraction of sp³-hybridized carbons (Fsp3) is 0.308. The number of nitrogens with zero attached hydrogens (tertiary/aromatic N) is 1. The summed E-state index contributed by atoms with van der Waals surface area (Å²) in [5.41, 5.74) is 9.72. The Labute approximate surface area is 100 Å². The number of rotatable bonds is 1. The third kappa shape index (κ3) is 1.74. The number of hydrogen-bond donors (Lipinski definition) is 1. The number of anilines is 1. The SMILES string of the molecule is Cc1c(Cl)ccc2c(N)cc(C(C)C)nc12. The molecule has 0 saturated heterocycles. The summed E-state index contributed by atoms with van der Waals surface area (Å²) in [6.45, 7) is 6.18. The highest BCUT2D eigenvalue weighted by atomic mass is 35.5. The maximum Gasteiger partial charge on any atom is 0.0770 e. The second-order valence-electron chi connectivity index (χ2n) is 4.36. The van der Waals surface area contributed by atoms with Crippen LogP contribution in [0, 0.1) is 6.92 Å². The van der Waals surface area contributed by atoms with Crippen molar-refractivity contribution in [3.05, 3.63) is 34.5 Å². The summed E-state index contributed by atoms with van der Waals surface area (Å²) in [7, 11) is 0. The van der Waals surface area contributed by atoms with E-state index in [1.807, 2.05) is 25.1 Å². The smallest absolute Gasteiger partial charge is 0.0770 e. The molecule has 0 aliphatic rings. The quantitative estimate of drug-likeness (QED) is 0.813. The number of fused-ring (bicyclic) bond motifs is 1. The molecule has 0 fully saturated rings. The van der Waals surface area contributed by atoms with Crippen molar-refractivity contribution in [1.82, 2.24) is 4.98 Å². The minimum atomic E-state index is 0.366. The summed E-state index contributed by atoms with van der Waals surface area (Å²) < 4.78 is 0. The first-order chi connectivity index (χ1) is 7.50. The van der Waals surface area contributed by atoms with E-state index in [0.717, 1.165) is 32.9 Å². The molecule has 0 atom stereocenters. The van der Waals surface area contributed by atoms with Crippen LogP contribution in [0.1, 0.15) is 31.0 Å². The van der Waals surface area contributed by atoms with Crippen molar-refractivity contribution in [2.24, 2.45) is 0 Å². The van der Waals surface area contributed by atoms with Crippen LogP contribution in [0.4, 0.5) is 5.69 Å². The molecular formula is C13H15ClN2. The molecule has 16 heavy (non-hydrogen) atoms. The van der Waals surface area contributed by atoms with Crippen LogP contribution in [0.5, 0.6) is 0 Å². The molecule has 0 bridgehead atoms. The van der Waals surface area contributed by atoms with Crippen molar-refractivity contribution in [3.63, 3.8) is 0 Å². The molecule has 2 nitrogen and oxygen atoms in total. The standard InChI is InChI=1S/C13H15ClN2/c1-7(2)12-6-11(15)9-4-5-10(14)8(3)13(9)16-12/h4-7H,1-3H3,(H2,15,16). The van der Waals surface area contributed by atoms with Gasteiger partial charge in [-0.25, -0.2) is 0 Å². The van der Waals surface area contributed by atoms with Gasteiger partial charge in [-0.15, -0.1) is 0 Å². The van der Waals surface area contributed by atoms with Gasteiger partial charge in [0.05, 0.1) is 5.52 Å². The van der Waals surface area contributed by atoms with Crippen LogP contribution < -0.4 is 5.73 Å². The fourth-order valence-corrected chi connectivity index (χ4v) is 1.90. The van der Waals surface area contributed by atoms with Crippen LogP contribution in [0.3, 0.4) is 0 Å². The highest BCUT2D eigenvalue weighted by Crippen LogP contribution is 2.29. The molecule has 2 rings (SSSR count). The summed E-state index contributed by atoms with van der Waals surface area (Å²) in [6.07, 6.45) is 0. The van der Waals surface area contributed by atoms with Gasteiger partial charge in [0, 0.05) is 21.8 Å². The van der Waals surface area contributed by atoms with Crippen LogP contribution in [0.25, 0.3) is 10.9 Å². The Morgan fingerprint density at radius 1 is 1.31 bits per heavy atom. The molecule has 1 heterocycles. The predicted molar refractivity (Wildman–Crippen MR) is 70.0 cm³/mol. The van der Waals surface area contributed by atoms with Crippen LogP contribution in [-0.2, 0) is 0 Å². The lowest BCUT2D eigenvalue weighted by molar-refractivity contribution is 0.830. The van der Waals surface area contributed by atoms with Gasteiger partial charge in [-0.1, -0.05) is 25.4 Å². The minimum Gasteiger partial charge on any atom is -0.398 e. The van der Waals surface area contributed by atoms with Crippen LogP contribution in [0.2, 0.25) is 5.02 Å². The van der Waals surface area contributed by atoms with Crippen molar-refractivity contribution in [3.8, 4) is 0 Å². The lowest BCUT2D eigenvalue weighted by atomic mass is 10.0. The summed E-state index contributed by atoms with van der Waals surface area (Å²) in [5, 5.41) is 1.71. The Kier molecular flexibility index (Phi) is 2.76. The number of benzene rings is 1. The van der Waals surface area contributed by atoms with Crippen molar-refractivity contribution >= 4 is 28.2 Å². The van der Waals surface area contributed by atoms with Crippen molar-refractivity contribution in [2.75, 3.05) is 5.73 Å². The van der Waals surface area contributed by atoms with E-state index in [9.17, 15) is 0 Å². The van der Waals surface area contributed by atoms with E-state index in [0.29, 0.717) is 5.92 Å². The highest BCUT2D eigenvalue weighted by molar-refractivity contribution is 6.32. The predicted octanol–water partition coefficient (Wildman–Crippen LogP) is 3.90. The summed E-state index contributed by atoms with van der Waals surface area (Å²) in [5.74, 6) is 0.366. The van der Waals surface area contributed by atoms with Crippen molar-refractivity contribution in [2.45, 2.75) is 26.7 Å². The van der Waals surface area contributed by atoms with Gasteiger partial charge < -0.3 is 5.73 Å². The van der Waals surface area contributed by atoms with Gasteiger partial charge in [0.1, 0.15) is 0 Å². The fourth-order valence-electron chi connectivity index (χ4n) is 1.75. The van der Waals surface area contributed by atoms with Crippen LogP contribution in [0.15, 0.2) is 18.2 Å². The minimum absolute atomic E-state index is 0.366. The zero-order chi connectivity index (χ0) is 11.9. The second-order valence-corrected chi connectivity index (χ2v) is 4.77. The molecule has 0 unspecified atom stereocenters. The van der Waals surface area contributed by atoms with Crippen LogP contribution in [-0.4, -0.2) is 4.98 Å². The van der Waals surface area contributed by atoms with Gasteiger partial charge in [0.15, 0.2) is 0 Å². The van der Waals surface area contributed by atoms with Crippen LogP contribution >= 0.6 is 11.6 Å². The summed E-state index contributed by atoms with van der Waals surface area (Å²) in [4.78, 5) is 4.63. The number of hydrogen-bond acceptors (Lipinski definition) is 2. The number of aromatic nitrogens is 1. The Hall–Kier alpha value is -1.28. The number of pyridine rings is 1. The number of aryl methyl sites for hydroxylation is 1. The van der Waals surface area contributed by atoms with E-state index < -0.39 is 0 Å². The molecule has 0 radical (unpaired) electrons. The second kappa shape index (κ2) is 3.95. The van der Waals surface area contributed by atoms with E-state index in [1.165, 1.54) is 0 Å². The van der Waals surface area contributed by atoms with E-state index >= 15 is 0 Å². The van der Waals surface area contributed by atoms with E-state index in [2.05, 4.69) is 18.8 Å². The van der Waals surface area contributed by atoms with Gasteiger partial charge in [-0.05, 0) is 36.6 Å². The Morgan fingerprint density at radius 2 is 2.00 bits per heavy atom. The first-order valence-electron chi connectivity index (χ1n) is 5.36. The Bertz CT molecular complexity index is 547. The molecule has 0 aliphatic heterocycles. The molecule has 1 aromatic carbocycles. The Balaban J connectivity index is 2.83. The third-order valence-corrected chi connectivity index (χ3v) is 3.22. The molecule has 3 heteroatoms. The molecule has 0 aliphatic carbocycles. The molecule has 84 valence electrons. The summed E-state index contributed by atoms with van der Waals surface area (Å²) in [6, 6.07) is 5.74. The van der Waals surface area contributed by atoms with E-state index in [-0.39, 0.29) is 0 Å². The van der Waals surface area contributed by atoms with E-state index in [1.54, 1.807) is 0 Å². The van der Waals surface area contributed by atoms with Crippen molar-refractivity contribution < 1.29 is 0 Å². The van der Waals surface area contributed by atoms with Gasteiger partial charge in [-0.2, -0.15) is 0 Å². The van der Waals surface area contributed by atoms with Crippen molar-refractivity contribution in [1.29, 1.82) is 0 Å². The lowest BCUT2D eigenvalue weighted by Gasteiger charge is -2.11. The molecule has 0 saturated carbocycles. The monoisotopic (exact) mass is 234 g/mol. The summed E-state index contributed by atoms with van der Waals surface area (Å²) >= 11 is 6.09. The first kappa shape index (κ1) is 11.2. The maximum absolute atomic E-state index is 6.09. The van der Waals surface area contributed by atoms with Gasteiger partial charge in [0.2, 0.25) is 0 Å². The zero-order valence-corrected chi connectivity index (χ0v) is 10.5. The largest absolute Gasteiger partial charge is 0.398 e. The zero-order valence-electron chi connectivity index (χ0n) is 9.71. The lowest BCUT2D eigenvalue weighted by Crippen LogP contribution is -1.98. The number of nitrogens with two attached hydrogens (primary N) is 1. The number of nitrogen functional groups attached to an aromatic ring is 1. The topological polar surface area (TPSA) is 38.9 Å². The molecule has 1 aromatic heterocycles. The molecule has 2 aromatic rings. The average Bonchev–Trinajstić information content (AvgIpc) is 2.23. The highest BCUT2D eigenvalue weighted by Gasteiger charge is 2.09. The number of halogens is 1. The molecule has 0 amide bonds. The van der Waals surface area contributed by atoms with Gasteiger partial charge in [0.25, 0.3) is 0 Å². The normalized spacial score (nSPS) is 11.3. The third-order valence-electron chi connectivity index (χ3n) is 2.81. The molecule has 2 N–H and O–H groups in total. The van der Waals surface area contributed by atoms with E-state index in [4.69, 9.17) is 17.3 Å². The molecular weight excluding hydrogens is 220 g/mol. The average molecular weight is 235 g/mol. The first-order valence-corrected chi connectivity index (χ1v) is 5.73.